The lowest BCUT2D eigenvalue weighted by Gasteiger charge is -2.21. The van der Waals surface area contributed by atoms with Crippen molar-refractivity contribution in [3.05, 3.63) is 23.8 Å². The van der Waals surface area contributed by atoms with Gasteiger partial charge < -0.3 is 20.7 Å². The molecule has 1 aromatic carbocycles. The van der Waals surface area contributed by atoms with E-state index in [1.54, 1.807) is 26.8 Å². The number of aromatic hydroxyl groups is 1. The number of aliphatic hydroxyl groups is 1. The predicted molar refractivity (Wildman–Crippen MR) is 76.7 cm³/mol. The summed E-state index contributed by atoms with van der Waals surface area (Å²) in [4.78, 5) is 11.7. The van der Waals surface area contributed by atoms with Crippen LogP contribution < -0.4 is 11.1 Å². The second-order valence-electron chi connectivity index (χ2n) is 5.56. The highest BCUT2D eigenvalue weighted by atomic mass is 16.6. The predicted octanol–water partition coefficient (Wildman–Crippen LogP) is 1.60. The minimum atomic E-state index is -0.740. The second kappa shape index (κ2) is 6.58. The molecule has 0 saturated heterocycles. The molecule has 0 bridgehead atoms. The number of carbonyl (C=O) groups is 1. The molecule has 0 heterocycles. The van der Waals surface area contributed by atoms with Gasteiger partial charge in [0.1, 0.15) is 11.4 Å². The largest absolute Gasteiger partial charge is 0.508 e. The quantitative estimate of drug-likeness (QED) is 0.628. The molecule has 20 heavy (non-hydrogen) atoms. The van der Waals surface area contributed by atoms with E-state index < -0.39 is 17.8 Å². The van der Waals surface area contributed by atoms with Crippen LogP contribution >= 0.6 is 0 Å². The molecule has 6 heteroatoms. The number of benzene rings is 1. The molecular formula is C14H22N2O4. The first-order valence-corrected chi connectivity index (χ1v) is 6.41. The molecule has 1 rings (SSSR count). The van der Waals surface area contributed by atoms with Crippen molar-refractivity contribution in [1.82, 2.24) is 0 Å². The average Bonchev–Trinajstić information content (AvgIpc) is 2.30. The van der Waals surface area contributed by atoms with E-state index in [0.717, 1.165) is 0 Å². The minimum Gasteiger partial charge on any atom is -0.508 e. The summed E-state index contributed by atoms with van der Waals surface area (Å²) >= 11 is 0. The fourth-order valence-electron chi connectivity index (χ4n) is 1.62. The van der Waals surface area contributed by atoms with Crippen LogP contribution in [-0.4, -0.2) is 34.6 Å². The van der Waals surface area contributed by atoms with Gasteiger partial charge in [-0.3, -0.25) is 5.32 Å². The van der Waals surface area contributed by atoms with Crippen molar-refractivity contribution in [2.75, 3.05) is 11.9 Å². The molecule has 1 amide bonds. The molecule has 0 radical (unpaired) electrons. The van der Waals surface area contributed by atoms with E-state index in [4.69, 9.17) is 10.5 Å². The molecule has 0 spiro atoms. The Morgan fingerprint density at radius 1 is 1.45 bits per heavy atom. The van der Waals surface area contributed by atoms with Crippen LogP contribution in [0.1, 0.15) is 26.3 Å². The summed E-state index contributed by atoms with van der Waals surface area (Å²) in [6, 6.07) is 4.48. The zero-order valence-electron chi connectivity index (χ0n) is 12.0. The third kappa shape index (κ3) is 5.46. The van der Waals surface area contributed by atoms with Gasteiger partial charge in [-0.15, -0.1) is 0 Å². The fourth-order valence-corrected chi connectivity index (χ4v) is 1.62. The first-order valence-electron chi connectivity index (χ1n) is 6.41. The van der Waals surface area contributed by atoms with Gasteiger partial charge >= 0.3 is 6.09 Å². The zero-order valence-corrected chi connectivity index (χ0v) is 12.0. The molecule has 0 aliphatic rings. The van der Waals surface area contributed by atoms with Crippen LogP contribution in [0.15, 0.2) is 18.2 Å². The van der Waals surface area contributed by atoms with Crippen LogP contribution in [0.5, 0.6) is 5.75 Å². The number of ether oxygens (including phenoxy) is 1. The van der Waals surface area contributed by atoms with Gasteiger partial charge in [0.2, 0.25) is 0 Å². The Kier molecular flexibility index (Phi) is 5.35. The molecule has 1 aromatic rings. The summed E-state index contributed by atoms with van der Waals surface area (Å²) in [7, 11) is 0. The number of amides is 1. The van der Waals surface area contributed by atoms with Gasteiger partial charge in [0.15, 0.2) is 0 Å². The van der Waals surface area contributed by atoms with Gasteiger partial charge in [0.25, 0.3) is 0 Å². The summed E-state index contributed by atoms with van der Waals surface area (Å²) in [5.74, 6) is 0.0546. The van der Waals surface area contributed by atoms with Crippen LogP contribution in [0, 0.1) is 0 Å². The number of aliphatic hydroxyl groups excluding tert-OH is 1. The molecule has 5 N–H and O–H groups in total. The van der Waals surface area contributed by atoms with E-state index in [9.17, 15) is 15.0 Å². The number of hydrogen-bond donors (Lipinski definition) is 4. The van der Waals surface area contributed by atoms with E-state index in [1.165, 1.54) is 12.1 Å². The van der Waals surface area contributed by atoms with E-state index in [1.807, 2.05) is 0 Å². The molecule has 0 fully saturated rings. The molecule has 112 valence electrons. The van der Waals surface area contributed by atoms with Gasteiger partial charge in [-0.1, -0.05) is 0 Å². The van der Waals surface area contributed by atoms with Gasteiger partial charge in [-0.2, -0.15) is 0 Å². The van der Waals surface area contributed by atoms with Gasteiger partial charge in [-0.25, -0.2) is 4.79 Å². The maximum atomic E-state index is 11.7. The lowest BCUT2D eigenvalue weighted by Crippen LogP contribution is -2.28. The number of nitrogens with one attached hydrogen (secondary N) is 1. The van der Waals surface area contributed by atoms with Crippen LogP contribution in [0.3, 0.4) is 0 Å². The Labute approximate surface area is 118 Å². The molecular weight excluding hydrogens is 260 g/mol. The minimum absolute atomic E-state index is 0.0546. The summed E-state index contributed by atoms with van der Waals surface area (Å²) in [6.45, 7) is 5.40. The highest BCUT2D eigenvalue weighted by Crippen LogP contribution is 2.23. The van der Waals surface area contributed by atoms with Crippen molar-refractivity contribution in [2.24, 2.45) is 5.73 Å². The van der Waals surface area contributed by atoms with Crippen molar-refractivity contribution in [2.45, 2.75) is 38.9 Å². The Balaban J connectivity index is 2.86. The molecule has 0 aliphatic carbocycles. The van der Waals surface area contributed by atoms with Crippen LogP contribution in [0.25, 0.3) is 0 Å². The average molecular weight is 282 g/mol. The number of nitrogens with two attached hydrogens (primary N) is 1. The number of rotatable bonds is 4. The van der Waals surface area contributed by atoms with Crippen LogP contribution in [-0.2, 0) is 11.2 Å². The van der Waals surface area contributed by atoms with Crippen LogP contribution in [0.4, 0.5) is 10.5 Å². The maximum Gasteiger partial charge on any atom is 0.412 e. The molecule has 0 aliphatic heterocycles. The highest BCUT2D eigenvalue weighted by Gasteiger charge is 2.18. The Bertz CT molecular complexity index is 469. The lowest BCUT2D eigenvalue weighted by atomic mass is 10.1. The van der Waals surface area contributed by atoms with E-state index in [2.05, 4.69) is 5.32 Å². The summed E-state index contributed by atoms with van der Waals surface area (Å²) in [5.41, 5.74) is 5.84. The van der Waals surface area contributed by atoms with Crippen molar-refractivity contribution in [3.63, 3.8) is 0 Å². The van der Waals surface area contributed by atoms with Crippen molar-refractivity contribution < 1.29 is 19.7 Å². The van der Waals surface area contributed by atoms with Gasteiger partial charge in [0.05, 0.1) is 6.10 Å². The van der Waals surface area contributed by atoms with Gasteiger partial charge in [0, 0.05) is 18.7 Å². The molecule has 0 aromatic heterocycles. The first-order chi connectivity index (χ1) is 9.21. The normalized spacial score (nSPS) is 12.8. The molecule has 6 nitrogen and oxygen atoms in total. The lowest BCUT2D eigenvalue weighted by molar-refractivity contribution is 0.0635. The van der Waals surface area contributed by atoms with E-state index in [-0.39, 0.29) is 18.7 Å². The first kappa shape index (κ1) is 16.3. The standard InChI is InChI=1S/C14H22N2O4/c1-14(2,3)20-13(19)16-12-5-4-10(17)6-9(12)7-11(18)8-15/h4-6,11,17-18H,7-8,15H2,1-3H3,(H,16,19). The maximum absolute atomic E-state index is 11.7. The number of hydrogen-bond acceptors (Lipinski definition) is 5. The SMILES string of the molecule is CC(C)(C)OC(=O)Nc1ccc(O)cc1CC(O)CN. The van der Waals surface area contributed by atoms with E-state index >= 15 is 0 Å². The number of phenolic OH excluding ortho intramolecular Hbond substituents is 1. The summed E-state index contributed by atoms with van der Waals surface area (Å²) in [5, 5.41) is 21.7. The molecule has 0 saturated carbocycles. The number of phenols is 1. The summed E-state index contributed by atoms with van der Waals surface area (Å²) in [6.07, 6.45) is -1.10. The monoisotopic (exact) mass is 282 g/mol. The third-order valence-corrected chi connectivity index (χ3v) is 2.45. The van der Waals surface area contributed by atoms with Crippen molar-refractivity contribution >= 4 is 11.8 Å². The third-order valence-electron chi connectivity index (χ3n) is 2.45. The number of anilines is 1. The topological polar surface area (TPSA) is 105 Å². The Morgan fingerprint density at radius 3 is 2.65 bits per heavy atom. The highest BCUT2D eigenvalue weighted by molar-refractivity contribution is 5.86. The summed E-state index contributed by atoms with van der Waals surface area (Å²) < 4.78 is 5.16. The van der Waals surface area contributed by atoms with Gasteiger partial charge in [-0.05, 0) is 44.5 Å². The smallest absolute Gasteiger partial charge is 0.412 e. The molecule has 1 atom stereocenters. The fraction of sp³-hybridized carbons (Fsp3) is 0.500. The second-order valence-corrected chi connectivity index (χ2v) is 5.56. The van der Waals surface area contributed by atoms with Crippen molar-refractivity contribution in [3.8, 4) is 5.75 Å². The Hall–Kier alpha value is -1.79. The zero-order chi connectivity index (χ0) is 15.3. The Morgan fingerprint density at radius 2 is 2.10 bits per heavy atom. The van der Waals surface area contributed by atoms with Crippen molar-refractivity contribution in [1.29, 1.82) is 0 Å². The molecule has 1 unspecified atom stereocenters. The van der Waals surface area contributed by atoms with Crippen LogP contribution in [0.2, 0.25) is 0 Å². The van der Waals surface area contributed by atoms with E-state index in [0.29, 0.717) is 11.3 Å². The number of carbonyl (C=O) groups excluding carboxylic acids is 1.